The molecular formula is C16H19BrN2O2S. The summed E-state index contributed by atoms with van der Waals surface area (Å²) in [6.07, 6.45) is 6.29. The van der Waals surface area contributed by atoms with Gasteiger partial charge in [-0.2, -0.15) is 0 Å². The molecule has 1 saturated carbocycles. The van der Waals surface area contributed by atoms with Gasteiger partial charge in [0.05, 0.1) is 21.3 Å². The van der Waals surface area contributed by atoms with Crippen LogP contribution in [0.4, 0.5) is 0 Å². The maximum atomic E-state index is 11.7. The molecule has 4 nitrogen and oxygen atoms in total. The molecule has 0 atom stereocenters. The Morgan fingerprint density at radius 1 is 1.36 bits per heavy atom. The van der Waals surface area contributed by atoms with Crippen molar-refractivity contribution < 1.29 is 9.53 Å². The molecule has 1 aliphatic carbocycles. The predicted octanol–water partition coefficient (Wildman–Crippen LogP) is 4.92. The van der Waals surface area contributed by atoms with Crippen molar-refractivity contribution in [3.8, 4) is 0 Å². The molecule has 2 aromatic rings. The second-order valence-electron chi connectivity index (χ2n) is 5.81. The van der Waals surface area contributed by atoms with E-state index in [1.807, 2.05) is 6.07 Å². The van der Waals surface area contributed by atoms with Crippen molar-refractivity contribution in [3.05, 3.63) is 21.2 Å². The van der Waals surface area contributed by atoms with E-state index in [-0.39, 0.29) is 0 Å². The van der Waals surface area contributed by atoms with Crippen LogP contribution in [0.3, 0.4) is 0 Å². The molecular weight excluding hydrogens is 364 g/mol. The summed E-state index contributed by atoms with van der Waals surface area (Å²) in [6, 6.07) is 1.92. The fourth-order valence-corrected chi connectivity index (χ4v) is 4.84. The van der Waals surface area contributed by atoms with Crippen LogP contribution in [0, 0.1) is 5.92 Å². The van der Waals surface area contributed by atoms with E-state index in [9.17, 15) is 4.79 Å². The molecule has 2 heterocycles. The van der Waals surface area contributed by atoms with E-state index < -0.39 is 5.97 Å². The first-order chi connectivity index (χ1) is 10.6. The summed E-state index contributed by atoms with van der Waals surface area (Å²) in [5.41, 5.74) is 0.947. The quantitative estimate of drug-likeness (QED) is 0.706. The molecule has 0 amide bonds. The van der Waals surface area contributed by atoms with E-state index in [1.165, 1.54) is 39.2 Å². The second-order valence-corrected chi connectivity index (χ2v) is 7.73. The Bertz CT molecular complexity index is 693. The second kappa shape index (κ2) is 6.62. The monoisotopic (exact) mass is 382 g/mol. The number of rotatable bonds is 3. The Balaban J connectivity index is 1.88. The third kappa shape index (κ3) is 3.04. The molecule has 6 heteroatoms. The number of pyridine rings is 1. The number of hydrogen-bond acceptors (Lipinski definition) is 5. The van der Waals surface area contributed by atoms with Gasteiger partial charge in [-0.3, -0.25) is 0 Å². The van der Waals surface area contributed by atoms with Crippen molar-refractivity contribution in [3.63, 3.8) is 0 Å². The maximum absolute atomic E-state index is 11.7. The number of fused-ring (bicyclic) bond motifs is 1. The molecule has 0 spiro atoms. The van der Waals surface area contributed by atoms with E-state index in [4.69, 9.17) is 4.74 Å². The lowest BCUT2D eigenvalue weighted by molar-refractivity contribution is 0.0593. The predicted molar refractivity (Wildman–Crippen MR) is 91.4 cm³/mol. The summed E-state index contributed by atoms with van der Waals surface area (Å²) >= 11 is 5.10. The Kier molecular flexibility index (Phi) is 4.78. The molecule has 2 aromatic heterocycles. The van der Waals surface area contributed by atoms with Crippen molar-refractivity contribution in [2.24, 2.45) is 5.92 Å². The lowest BCUT2D eigenvalue weighted by Gasteiger charge is -2.26. The highest BCUT2D eigenvalue weighted by molar-refractivity contribution is 9.10. The van der Waals surface area contributed by atoms with E-state index in [1.54, 1.807) is 11.3 Å². The van der Waals surface area contributed by atoms with Gasteiger partial charge in [-0.15, -0.1) is 11.3 Å². The third-order valence-corrected chi connectivity index (χ3v) is 6.26. The average Bonchev–Trinajstić information content (AvgIpc) is 2.96. The van der Waals surface area contributed by atoms with Gasteiger partial charge in [0.25, 0.3) is 0 Å². The first-order valence-corrected chi connectivity index (χ1v) is 9.28. The highest BCUT2D eigenvalue weighted by Crippen LogP contribution is 2.40. The normalized spacial score (nSPS) is 22.0. The number of thiazole rings is 1. The van der Waals surface area contributed by atoms with Gasteiger partial charge in [-0.25, -0.2) is 14.8 Å². The molecule has 1 fully saturated rings. The van der Waals surface area contributed by atoms with Gasteiger partial charge >= 0.3 is 5.97 Å². The van der Waals surface area contributed by atoms with Crippen molar-refractivity contribution in [2.45, 2.75) is 44.9 Å². The Morgan fingerprint density at radius 3 is 2.73 bits per heavy atom. The SMILES string of the molecule is CCC1CCC(c2nc3nc(C(=O)OC)c(Br)cc3s2)CC1. The van der Waals surface area contributed by atoms with Gasteiger partial charge in [0, 0.05) is 5.92 Å². The minimum Gasteiger partial charge on any atom is -0.464 e. The number of methoxy groups -OCH3 is 1. The summed E-state index contributed by atoms with van der Waals surface area (Å²) < 4.78 is 6.44. The standard InChI is InChI=1S/C16H19BrN2O2S/c1-3-9-4-6-10(7-5-9)15-19-14-12(22-15)8-11(17)13(18-14)16(20)21-2/h8-10H,3-7H2,1-2H3. The number of nitrogens with zero attached hydrogens (tertiary/aromatic N) is 2. The van der Waals surface area contributed by atoms with Gasteiger partial charge in [-0.05, 0) is 53.6 Å². The zero-order chi connectivity index (χ0) is 15.7. The van der Waals surface area contributed by atoms with Crippen LogP contribution in [0.1, 0.15) is 60.4 Å². The maximum Gasteiger partial charge on any atom is 0.357 e. The molecule has 0 saturated heterocycles. The molecule has 0 radical (unpaired) electrons. The molecule has 0 bridgehead atoms. The molecule has 3 rings (SSSR count). The van der Waals surface area contributed by atoms with Crippen LogP contribution in [0.5, 0.6) is 0 Å². The Labute approximate surface area is 142 Å². The number of halogens is 1. The highest BCUT2D eigenvalue weighted by Gasteiger charge is 2.25. The number of esters is 1. The third-order valence-electron chi connectivity index (χ3n) is 4.50. The van der Waals surface area contributed by atoms with Gasteiger partial charge in [-0.1, -0.05) is 13.3 Å². The van der Waals surface area contributed by atoms with Crippen LogP contribution in [0.2, 0.25) is 0 Å². The summed E-state index contributed by atoms with van der Waals surface area (Å²) in [5, 5.41) is 1.16. The van der Waals surface area contributed by atoms with Gasteiger partial charge in [0.1, 0.15) is 0 Å². The van der Waals surface area contributed by atoms with Crippen LogP contribution in [-0.2, 0) is 4.74 Å². The molecule has 22 heavy (non-hydrogen) atoms. The molecule has 0 aromatic carbocycles. The minimum absolute atomic E-state index is 0.293. The summed E-state index contributed by atoms with van der Waals surface area (Å²) in [7, 11) is 1.36. The minimum atomic E-state index is -0.438. The van der Waals surface area contributed by atoms with Crippen molar-refractivity contribution in [2.75, 3.05) is 7.11 Å². The summed E-state index contributed by atoms with van der Waals surface area (Å²) in [6.45, 7) is 2.28. The van der Waals surface area contributed by atoms with Crippen LogP contribution in [-0.4, -0.2) is 23.0 Å². The molecule has 0 aliphatic heterocycles. The van der Waals surface area contributed by atoms with Crippen molar-refractivity contribution in [1.82, 2.24) is 9.97 Å². The summed E-state index contributed by atoms with van der Waals surface area (Å²) in [4.78, 5) is 20.8. The van der Waals surface area contributed by atoms with Gasteiger partial charge in [0.2, 0.25) is 0 Å². The fourth-order valence-electron chi connectivity index (χ4n) is 3.09. The molecule has 1 aliphatic rings. The molecule has 118 valence electrons. The summed E-state index contributed by atoms with van der Waals surface area (Å²) in [5.74, 6) is 0.984. The lowest BCUT2D eigenvalue weighted by Crippen LogP contribution is -2.12. The fraction of sp³-hybridized carbons (Fsp3) is 0.562. The van der Waals surface area contributed by atoms with Crippen LogP contribution in [0.25, 0.3) is 10.3 Å². The number of ether oxygens (including phenoxy) is 1. The smallest absolute Gasteiger partial charge is 0.357 e. The number of hydrogen-bond donors (Lipinski definition) is 0. The topological polar surface area (TPSA) is 52.1 Å². The van der Waals surface area contributed by atoms with Crippen molar-refractivity contribution in [1.29, 1.82) is 0 Å². The van der Waals surface area contributed by atoms with E-state index >= 15 is 0 Å². The van der Waals surface area contributed by atoms with Gasteiger partial charge < -0.3 is 4.74 Å². The zero-order valence-corrected chi connectivity index (χ0v) is 15.2. The Hall–Kier alpha value is -1.01. The van der Waals surface area contributed by atoms with E-state index in [0.717, 1.165) is 15.6 Å². The van der Waals surface area contributed by atoms with E-state index in [0.29, 0.717) is 21.7 Å². The number of carbonyl (C=O) groups is 1. The average molecular weight is 383 g/mol. The first kappa shape index (κ1) is 15.9. The zero-order valence-electron chi connectivity index (χ0n) is 12.8. The number of carbonyl (C=O) groups excluding carboxylic acids is 1. The van der Waals surface area contributed by atoms with Gasteiger partial charge in [0.15, 0.2) is 11.3 Å². The van der Waals surface area contributed by atoms with Crippen LogP contribution >= 0.6 is 27.3 Å². The molecule has 0 unspecified atom stereocenters. The molecule has 0 N–H and O–H groups in total. The Morgan fingerprint density at radius 2 is 2.09 bits per heavy atom. The van der Waals surface area contributed by atoms with Crippen molar-refractivity contribution >= 4 is 43.6 Å². The number of aromatic nitrogens is 2. The van der Waals surface area contributed by atoms with E-state index in [2.05, 4.69) is 32.8 Å². The highest BCUT2D eigenvalue weighted by atomic mass is 79.9. The first-order valence-electron chi connectivity index (χ1n) is 7.67. The van der Waals surface area contributed by atoms with Crippen LogP contribution < -0.4 is 0 Å². The largest absolute Gasteiger partial charge is 0.464 e. The van der Waals surface area contributed by atoms with Crippen LogP contribution in [0.15, 0.2) is 10.5 Å². The lowest BCUT2D eigenvalue weighted by atomic mass is 9.81.